The van der Waals surface area contributed by atoms with E-state index < -0.39 is 0 Å². The van der Waals surface area contributed by atoms with E-state index in [1.54, 1.807) is 26.5 Å². The molecule has 1 heterocycles. The summed E-state index contributed by atoms with van der Waals surface area (Å²) in [5, 5.41) is 3.78. The molecular formula is C21H19BrN2O3S. The third-order valence-electron chi connectivity index (χ3n) is 3.91. The molecule has 1 amide bonds. The molecule has 0 spiro atoms. The van der Waals surface area contributed by atoms with Gasteiger partial charge in [0.1, 0.15) is 16.5 Å². The van der Waals surface area contributed by atoms with Crippen LogP contribution in [0.3, 0.4) is 0 Å². The van der Waals surface area contributed by atoms with Gasteiger partial charge in [-0.05, 0) is 57.9 Å². The van der Waals surface area contributed by atoms with Crippen LogP contribution in [0.2, 0.25) is 0 Å². The Balaban J connectivity index is 1.74. The summed E-state index contributed by atoms with van der Waals surface area (Å²) in [6, 6.07) is 16.8. The van der Waals surface area contributed by atoms with Gasteiger partial charge in [-0.3, -0.25) is 4.79 Å². The summed E-state index contributed by atoms with van der Waals surface area (Å²) >= 11 is 4.83. The normalized spacial score (nSPS) is 10.4. The molecule has 2 aromatic carbocycles. The number of ether oxygens (including phenoxy) is 2. The molecule has 0 saturated carbocycles. The molecule has 7 heteroatoms. The van der Waals surface area contributed by atoms with Crippen molar-refractivity contribution in [3.05, 3.63) is 76.4 Å². The first-order valence-corrected chi connectivity index (χ1v) is 10.1. The maximum atomic E-state index is 12.8. The first-order valence-electron chi connectivity index (χ1n) is 8.47. The maximum absolute atomic E-state index is 12.8. The van der Waals surface area contributed by atoms with Crippen LogP contribution in [0.4, 0.5) is 0 Å². The van der Waals surface area contributed by atoms with E-state index in [-0.39, 0.29) is 5.91 Å². The van der Waals surface area contributed by atoms with Crippen molar-refractivity contribution >= 4 is 33.6 Å². The zero-order chi connectivity index (χ0) is 19.9. The lowest BCUT2D eigenvalue weighted by Gasteiger charge is -2.11. The summed E-state index contributed by atoms with van der Waals surface area (Å²) in [6.07, 6.45) is 1.74. The third-order valence-corrected chi connectivity index (χ3v) is 5.41. The van der Waals surface area contributed by atoms with Crippen molar-refractivity contribution in [1.29, 1.82) is 0 Å². The highest BCUT2D eigenvalue weighted by Crippen LogP contribution is 2.30. The fraction of sp³-hybridized carbons (Fsp3) is 0.143. The Morgan fingerprint density at radius 1 is 1.07 bits per heavy atom. The topological polar surface area (TPSA) is 60.5 Å². The number of nitrogens with one attached hydrogen (secondary N) is 1. The monoisotopic (exact) mass is 458 g/mol. The summed E-state index contributed by atoms with van der Waals surface area (Å²) in [4.78, 5) is 18.0. The molecule has 144 valence electrons. The van der Waals surface area contributed by atoms with E-state index >= 15 is 0 Å². The van der Waals surface area contributed by atoms with Crippen LogP contribution >= 0.6 is 27.7 Å². The average Bonchev–Trinajstić information content (AvgIpc) is 2.73. The number of carbonyl (C=O) groups is 1. The predicted octanol–water partition coefficient (Wildman–Crippen LogP) is 4.94. The summed E-state index contributed by atoms with van der Waals surface area (Å²) in [5.74, 6) is 1.21. The zero-order valence-corrected chi connectivity index (χ0v) is 17.8. The minimum Gasteiger partial charge on any atom is -0.497 e. The number of carbonyl (C=O) groups excluding carboxylic acids is 1. The molecule has 0 unspecified atom stereocenters. The van der Waals surface area contributed by atoms with Gasteiger partial charge in [0, 0.05) is 28.2 Å². The quantitative estimate of drug-likeness (QED) is 0.542. The predicted molar refractivity (Wildman–Crippen MR) is 113 cm³/mol. The minimum absolute atomic E-state index is 0.151. The van der Waals surface area contributed by atoms with Crippen LogP contribution in [0.5, 0.6) is 11.5 Å². The second kappa shape index (κ2) is 9.61. The van der Waals surface area contributed by atoms with E-state index in [0.29, 0.717) is 23.6 Å². The fourth-order valence-electron chi connectivity index (χ4n) is 2.52. The Bertz CT molecular complexity index is 942. The first-order chi connectivity index (χ1) is 13.6. The number of benzene rings is 2. The molecule has 0 aliphatic carbocycles. The highest BCUT2D eigenvalue weighted by molar-refractivity contribution is 9.10. The Kier molecular flexibility index (Phi) is 6.95. The van der Waals surface area contributed by atoms with Gasteiger partial charge in [0.15, 0.2) is 0 Å². The lowest BCUT2D eigenvalue weighted by atomic mass is 10.1. The van der Waals surface area contributed by atoms with Crippen molar-refractivity contribution in [2.24, 2.45) is 0 Å². The smallest absolute Gasteiger partial charge is 0.252 e. The van der Waals surface area contributed by atoms with Gasteiger partial charge in [-0.15, -0.1) is 0 Å². The number of hydrogen-bond acceptors (Lipinski definition) is 5. The van der Waals surface area contributed by atoms with Gasteiger partial charge in [0.25, 0.3) is 5.91 Å². The van der Waals surface area contributed by atoms with Gasteiger partial charge in [0.2, 0.25) is 0 Å². The van der Waals surface area contributed by atoms with E-state index in [9.17, 15) is 4.79 Å². The number of hydrogen-bond donors (Lipinski definition) is 1. The molecule has 0 aliphatic heterocycles. The number of amides is 1. The number of pyridine rings is 1. The van der Waals surface area contributed by atoms with Gasteiger partial charge in [-0.25, -0.2) is 4.98 Å². The first kappa shape index (κ1) is 20.2. The molecule has 0 radical (unpaired) electrons. The number of halogens is 1. The maximum Gasteiger partial charge on any atom is 0.252 e. The van der Waals surface area contributed by atoms with Crippen LogP contribution < -0.4 is 14.8 Å². The Morgan fingerprint density at radius 2 is 1.79 bits per heavy atom. The summed E-state index contributed by atoms with van der Waals surface area (Å²) in [6.45, 7) is 0.363. The molecule has 1 aromatic heterocycles. The van der Waals surface area contributed by atoms with Gasteiger partial charge >= 0.3 is 0 Å². The van der Waals surface area contributed by atoms with Crippen LogP contribution in [0.15, 0.2) is 75.2 Å². The highest BCUT2D eigenvalue weighted by Gasteiger charge is 2.13. The van der Waals surface area contributed by atoms with Gasteiger partial charge in [-0.2, -0.15) is 0 Å². The second-order valence-corrected chi connectivity index (χ2v) is 7.79. The van der Waals surface area contributed by atoms with E-state index in [0.717, 1.165) is 20.0 Å². The lowest BCUT2D eigenvalue weighted by Crippen LogP contribution is -2.23. The molecule has 5 nitrogen and oxygen atoms in total. The van der Waals surface area contributed by atoms with Crippen molar-refractivity contribution in [2.75, 3.05) is 14.2 Å². The second-order valence-electron chi connectivity index (χ2n) is 5.82. The molecule has 0 atom stereocenters. The van der Waals surface area contributed by atoms with E-state index in [4.69, 9.17) is 9.47 Å². The van der Waals surface area contributed by atoms with Crippen LogP contribution in [0, 0.1) is 0 Å². The minimum atomic E-state index is -0.151. The van der Waals surface area contributed by atoms with Crippen LogP contribution in [-0.4, -0.2) is 25.1 Å². The molecule has 0 fully saturated rings. The van der Waals surface area contributed by atoms with Crippen LogP contribution in [0.1, 0.15) is 15.9 Å². The SMILES string of the molecule is COc1cc(CNC(=O)c2ccccc2Sc2ccc(Br)cn2)cc(OC)c1. The van der Waals surface area contributed by atoms with Crippen LogP contribution in [0.25, 0.3) is 0 Å². The van der Waals surface area contributed by atoms with Crippen molar-refractivity contribution in [3.8, 4) is 11.5 Å². The molecular weight excluding hydrogens is 440 g/mol. The van der Waals surface area contributed by atoms with Crippen molar-refractivity contribution < 1.29 is 14.3 Å². The summed E-state index contributed by atoms with van der Waals surface area (Å²) in [7, 11) is 3.20. The highest BCUT2D eigenvalue weighted by atomic mass is 79.9. The summed E-state index contributed by atoms with van der Waals surface area (Å²) < 4.78 is 11.5. The Hall–Kier alpha value is -2.51. The van der Waals surface area contributed by atoms with Gasteiger partial charge in [0.05, 0.1) is 19.8 Å². The molecule has 3 aromatic rings. The van der Waals surface area contributed by atoms with E-state index in [1.807, 2.05) is 48.5 Å². The van der Waals surface area contributed by atoms with Crippen molar-refractivity contribution in [2.45, 2.75) is 16.5 Å². The van der Waals surface area contributed by atoms with Crippen molar-refractivity contribution in [3.63, 3.8) is 0 Å². The molecule has 3 rings (SSSR count). The standard InChI is InChI=1S/C21H19BrN2O3S/c1-26-16-9-14(10-17(11-16)27-2)12-24-21(25)18-5-3-4-6-19(18)28-20-8-7-15(22)13-23-20/h3-11,13H,12H2,1-2H3,(H,24,25). The Labute approximate surface area is 176 Å². The van der Waals surface area contributed by atoms with Crippen LogP contribution in [-0.2, 0) is 6.54 Å². The van der Waals surface area contributed by atoms with E-state index in [2.05, 4.69) is 26.2 Å². The summed E-state index contributed by atoms with van der Waals surface area (Å²) in [5.41, 5.74) is 1.50. The number of methoxy groups -OCH3 is 2. The van der Waals surface area contributed by atoms with Gasteiger partial charge < -0.3 is 14.8 Å². The Morgan fingerprint density at radius 3 is 2.43 bits per heavy atom. The number of aromatic nitrogens is 1. The largest absolute Gasteiger partial charge is 0.497 e. The molecule has 0 saturated heterocycles. The lowest BCUT2D eigenvalue weighted by molar-refractivity contribution is 0.0948. The number of nitrogens with zero attached hydrogens (tertiary/aromatic N) is 1. The zero-order valence-electron chi connectivity index (χ0n) is 15.4. The molecule has 0 bridgehead atoms. The number of rotatable bonds is 7. The molecule has 0 aliphatic rings. The fourth-order valence-corrected chi connectivity index (χ4v) is 3.64. The van der Waals surface area contributed by atoms with Gasteiger partial charge in [-0.1, -0.05) is 23.9 Å². The van der Waals surface area contributed by atoms with E-state index in [1.165, 1.54) is 11.8 Å². The third kappa shape index (κ3) is 5.27. The average molecular weight is 459 g/mol. The molecule has 28 heavy (non-hydrogen) atoms. The van der Waals surface area contributed by atoms with Crippen molar-refractivity contribution in [1.82, 2.24) is 10.3 Å². The molecule has 1 N–H and O–H groups in total.